The summed E-state index contributed by atoms with van der Waals surface area (Å²) in [7, 11) is 0. The number of tetrazole rings is 1. The molecular weight excluding hydrogens is 636 g/mol. The molecule has 1 N–H and O–H groups in total. The summed E-state index contributed by atoms with van der Waals surface area (Å²) in [4.78, 5) is 11.8. The molecule has 2 aliphatic rings. The lowest BCUT2D eigenvalue weighted by molar-refractivity contribution is 0.00503. The van der Waals surface area contributed by atoms with E-state index >= 15 is 0 Å². The summed E-state index contributed by atoms with van der Waals surface area (Å²) in [5, 5.41) is 24.2. The number of rotatable bonds is 13. The number of anilines is 2. The number of halogens is 1. The van der Waals surface area contributed by atoms with Crippen LogP contribution >= 0.6 is 11.6 Å². The van der Waals surface area contributed by atoms with Crippen LogP contribution in [0.1, 0.15) is 38.6 Å². The second kappa shape index (κ2) is 15.1. The second-order valence-electron chi connectivity index (χ2n) is 12.1. The molecule has 16 heteroatoms. The number of ether oxygens (including phenoxy) is 3. The normalized spacial score (nSPS) is 19.2. The molecule has 1 aromatic carbocycles. The van der Waals surface area contributed by atoms with Crippen molar-refractivity contribution in [1.29, 1.82) is 0 Å². The summed E-state index contributed by atoms with van der Waals surface area (Å²) in [6.45, 7) is 7.15. The van der Waals surface area contributed by atoms with Gasteiger partial charge in [0.2, 0.25) is 5.95 Å². The molecular formula is C32H39ClN12O3. The highest BCUT2D eigenvalue weighted by atomic mass is 35.5. The van der Waals surface area contributed by atoms with Gasteiger partial charge >= 0.3 is 0 Å². The first kappa shape index (κ1) is 32.0. The minimum Gasteiger partial charge on any atom is -0.487 e. The molecule has 1 atom stereocenters. The number of nitrogens with zero attached hydrogens (tertiary/aromatic N) is 11. The van der Waals surface area contributed by atoms with Gasteiger partial charge in [-0.15, -0.1) is 10.2 Å². The Morgan fingerprint density at radius 1 is 1.04 bits per heavy atom. The van der Waals surface area contributed by atoms with Crippen LogP contribution in [0, 0.1) is 0 Å². The molecule has 0 spiro atoms. The van der Waals surface area contributed by atoms with E-state index < -0.39 is 0 Å². The van der Waals surface area contributed by atoms with Crippen LogP contribution in [0.2, 0.25) is 5.02 Å². The van der Waals surface area contributed by atoms with Crippen LogP contribution in [0.4, 0.5) is 11.6 Å². The van der Waals surface area contributed by atoms with Gasteiger partial charge in [0.25, 0.3) is 5.88 Å². The lowest BCUT2D eigenvalue weighted by Gasteiger charge is -2.38. The van der Waals surface area contributed by atoms with Gasteiger partial charge in [-0.25, -0.2) is 14.6 Å². The minimum atomic E-state index is -0.208. The summed E-state index contributed by atoms with van der Waals surface area (Å²) < 4.78 is 23.3. The Morgan fingerprint density at radius 3 is 2.60 bits per heavy atom. The molecule has 5 aromatic rings. The first-order valence-corrected chi connectivity index (χ1v) is 16.7. The summed E-state index contributed by atoms with van der Waals surface area (Å²) >= 11 is 6.46. The molecule has 1 saturated heterocycles. The van der Waals surface area contributed by atoms with Crippen LogP contribution in [-0.4, -0.2) is 99.7 Å². The van der Waals surface area contributed by atoms with Crippen LogP contribution in [-0.2, 0) is 17.8 Å². The molecule has 1 aliphatic carbocycles. The van der Waals surface area contributed by atoms with E-state index in [0.29, 0.717) is 54.4 Å². The third-order valence-electron chi connectivity index (χ3n) is 8.75. The predicted molar refractivity (Wildman–Crippen MR) is 177 cm³/mol. The lowest BCUT2D eigenvalue weighted by atomic mass is 9.90. The Bertz CT molecular complexity index is 1720. The molecule has 0 amide bonds. The Labute approximate surface area is 283 Å². The van der Waals surface area contributed by atoms with Gasteiger partial charge in [0.05, 0.1) is 43.6 Å². The number of hydrogen-bond acceptors (Lipinski definition) is 12. The fourth-order valence-corrected chi connectivity index (χ4v) is 6.43. The zero-order valence-corrected chi connectivity index (χ0v) is 27.6. The molecule has 252 valence electrons. The molecule has 0 bridgehead atoms. The van der Waals surface area contributed by atoms with Gasteiger partial charge in [-0.2, -0.15) is 5.10 Å². The maximum Gasteiger partial charge on any atom is 0.257 e. The number of aromatic nitrogens is 10. The number of benzene rings is 1. The van der Waals surface area contributed by atoms with Crippen LogP contribution in [0.5, 0.6) is 11.6 Å². The van der Waals surface area contributed by atoms with E-state index in [4.69, 9.17) is 30.9 Å². The van der Waals surface area contributed by atoms with E-state index in [0.717, 1.165) is 68.8 Å². The van der Waals surface area contributed by atoms with Crippen LogP contribution in [0.15, 0.2) is 61.6 Å². The van der Waals surface area contributed by atoms with Gasteiger partial charge in [-0.3, -0.25) is 14.3 Å². The van der Waals surface area contributed by atoms with Crippen molar-refractivity contribution >= 4 is 23.2 Å². The smallest absolute Gasteiger partial charge is 0.257 e. The predicted octanol–water partition coefficient (Wildman–Crippen LogP) is 4.28. The van der Waals surface area contributed by atoms with Gasteiger partial charge < -0.3 is 19.5 Å². The van der Waals surface area contributed by atoms with Crippen molar-refractivity contribution < 1.29 is 14.2 Å². The Morgan fingerprint density at radius 2 is 1.85 bits per heavy atom. The first-order valence-electron chi connectivity index (χ1n) is 16.3. The molecule has 2 fully saturated rings. The molecule has 0 radical (unpaired) electrons. The summed E-state index contributed by atoms with van der Waals surface area (Å²) in [6, 6.07) is 8.40. The molecule has 4 aromatic heterocycles. The summed E-state index contributed by atoms with van der Waals surface area (Å²) in [5.41, 5.74) is 2.41. The molecule has 48 heavy (non-hydrogen) atoms. The largest absolute Gasteiger partial charge is 0.487 e. The van der Waals surface area contributed by atoms with E-state index in [2.05, 4.69) is 40.8 Å². The maximum atomic E-state index is 6.46. The van der Waals surface area contributed by atoms with Crippen LogP contribution in [0.3, 0.4) is 0 Å². The van der Waals surface area contributed by atoms with Gasteiger partial charge in [0.15, 0.2) is 0 Å². The van der Waals surface area contributed by atoms with E-state index in [1.54, 1.807) is 35.7 Å². The monoisotopic (exact) mass is 674 g/mol. The van der Waals surface area contributed by atoms with Crippen LogP contribution in [0.25, 0.3) is 11.1 Å². The third-order valence-corrected chi connectivity index (χ3v) is 9.06. The molecule has 5 heterocycles. The zero-order valence-electron chi connectivity index (χ0n) is 26.8. The third kappa shape index (κ3) is 7.91. The number of morpholine rings is 1. The second-order valence-corrected chi connectivity index (χ2v) is 12.5. The van der Waals surface area contributed by atoms with Crippen molar-refractivity contribution in [3.8, 4) is 22.8 Å². The van der Waals surface area contributed by atoms with Crippen molar-refractivity contribution in [3.05, 3.63) is 66.6 Å². The van der Waals surface area contributed by atoms with Gasteiger partial charge in [0.1, 0.15) is 30.5 Å². The lowest BCUT2D eigenvalue weighted by Crippen LogP contribution is -2.45. The van der Waals surface area contributed by atoms with Crippen molar-refractivity contribution in [1.82, 2.24) is 54.6 Å². The fourth-order valence-electron chi connectivity index (χ4n) is 6.27. The molecule has 1 aliphatic heterocycles. The Kier molecular flexibility index (Phi) is 10.1. The van der Waals surface area contributed by atoms with Crippen molar-refractivity contribution in [3.63, 3.8) is 0 Å². The highest BCUT2D eigenvalue weighted by Crippen LogP contribution is 2.35. The Balaban J connectivity index is 1.03. The topological polar surface area (TPSA) is 148 Å². The first-order chi connectivity index (χ1) is 23.6. The minimum absolute atomic E-state index is 0.208. The molecule has 7 rings (SSSR count). The van der Waals surface area contributed by atoms with Gasteiger partial charge in [-0.1, -0.05) is 17.7 Å². The molecule has 15 nitrogen and oxygen atoms in total. The fraction of sp³-hybridized carbons (Fsp3) is 0.469. The summed E-state index contributed by atoms with van der Waals surface area (Å²) in [6.07, 6.45) is 15.0. The quantitative estimate of drug-likeness (QED) is 0.190. The van der Waals surface area contributed by atoms with E-state index in [-0.39, 0.29) is 6.10 Å². The van der Waals surface area contributed by atoms with Gasteiger partial charge in [-0.05, 0) is 66.8 Å². The van der Waals surface area contributed by atoms with Crippen molar-refractivity contribution in [2.45, 2.75) is 63.9 Å². The van der Waals surface area contributed by atoms with Crippen molar-refractivity contribution in [2.75, 3.05) is 38.2 Å². The number of hydrogen-bond donors (Lipinski definition) is 1. The zero-order chi connectivity index (χ0) is 32.7. The standard InChI is InChI=1S/C32H39ClN12O3/c1-23(20-44-22-36-40-41-44)48-30-17-24(3-8-28(30)33)25-18-34-32(35-19-25)38-29-21-45(39-31(29)47-16-13-43-10-2-9-37-43)27-6-4-26(5-7-27)42-11-14-46-15-12-42/h2-3,8-10,17-19,21-23,26-27H,4-7,11-16,20H2,1H3,(H,34,35,38)/t23-,26?,27?/m0/s1. The van der Waals surface area contributed by atoms with E-state index in [9.17, 15) is 0 Å². The van der Waals surface area contributed by atoms with Gasteiger partial charge in [0, 0.05) is 49.5 Å². The maximum absolute atomic E-state index is 6.46. The average molecular weight is 675 g/mol. The highest BCUT2D eigenvalue weighted by Gasteiger charge is 2.29. The highest BCUT2D eigenvalue weighted by molar-refractivity contribution is 6.32. The summed E-state index contributed by atoms with van der Waals surface area (Å²) in [5.74, 6) is 1.51. The van der Waals surface area contributed by atoms with Crippen LogP contribution < -0.4 is 14.8 Å². The average Bonchev–Trinajstić information content (AvgIpc) is 3.91. The van der Waals surface area contributed by atoms with E-state index in [1.807, 2.05) is 46.9 Å². The molecule has 1 saturated carbocycles. The molecule has 0 unspecified atom stereocenters. The van der Waals surface area contributed by atoms with E-state index in [1.165, 1.54) is 0 Å². The number of nitrogens with one attached hydrogen (secondary N) is 1. The SMILES string of the molecule is C[C@@H](Cn1cnnn1)Oc1cc(-c2cnc(Nc3cn(C4CCC(N5CCOCC5)CC4)nc3OCCn3cccn3)nc2)ccc1Cl. The van der Waals surface area contributed by atoms with Crippen molar-refractivity contribution in [2.24, 2.45) is 0 Å². The Hall–Kier alpha value is -4.60.